The molecule has 1 aliphatic carbocycles. The summed E-state index contributed by atoms with van der Waals surface area (Å²) in [6, 6.07) is 18.7. The van der Waals surface area contributed by atoms with Gasteiger partial charge in [-0.15, -0.1) is 0 Å². The van der Waals surface area contributed by atoms with Crippen molar-refractivity contribution in [2.45, 2.75) is 25.4 Å². The standard InChI is InChI=1S/C19H18O6S/c1-13(20)24-19-17(25-26(21,22)23)12-16(14-8-4-2-5-9-14)18(19)15-10-6-3-7-11-15/h2-11,16-17H,12H2,1H3,(H,21,22,23)/t16-,17-/m0/s1. The number of carbonyl (C=O) groups is 1. The Morgan fingerprint density at radius 1 is 1.04 bits per heavy atom. The summed E-state index contributed by atoms with van der Waals surface area (Å²) >= 11 is 0. The molecule has 2 aromatic carbocycles. The van der Waals surface area contributed by atoms with Crippen molar-refractivity contribution in [3.8, 4) is 0 Å². The Kier molecular flexibility index (Phi) is 5.22. The zero-order chi connectivity index (χ0) is 18.7. The fourth-order valence-corrected chi connectivity index (χ4v) is 3.70. The summed E-state index contributed by atoms with van der Waals surface area (Å²) in [5.41, 5.74) is 2.39. The van der Waals surface area contributed by atoms with Gasteiger partial charge in [0.25, 0.3) is 0 Å². The molecule has 0 bridgehead atoms. The van der Waals surface area contributed by atoms with E-state index >= 15 is 0 Å². The van der Waals surface area contributed by atoms with Gasteiger partial charge in [0.2, 0.25) is 0 Å². The molecule has 0 aromatic heterocycles. The third kappa shape index (κ3) is 4.19. The molecule has 0 spiro atoms. The number of carbonyl (C=O) groups excluding carboxylic acids is 1. The first-order valence-electron chi connectivity index (χ1n) is 8.03. The highest BCUT2D eigenvalue weighted by Crippen LogP contribution is 2.47. The minimum absolute atomic E-state index is 0.107. The van der Waals surface area contributed by atoms with Gasteiger partial charge in [-0.05, 0) is 17.5 Å². The van der Waals surface area contributed by atoms with E-state index in [1.807, 2.05) is 60.7 Å². The van der Waals surface area contributed by atoms with Crippen molar-refractivity contribution in [2.75, 3.05) is 0 Å². The number of hydrogen-bond acceptors (Lipinski definition) is 5. The van der Waals surface area contributed by atoms with Crippen LogP contribution in [0.15, 0.2) is 66.4 Å². The van der Waals surface area contributed by atoms with Gasteiger partial charge in [-0.25, -0.2) is 4.18 Å². The summed E-state index contributed by atoms with van der Waals surface area (Å²) in [6.45, 7) is 1.23. The monoisotopic (exact) mass is 374 g/mol. The molecule has 26 heavy (non-hydrogen) atoms. The lowest BCUT2D eigenvalue weighted by atomic mass is 9.88. The average molecular weight is 374 g/mol. The number of esters is 1. The fraction of sp³-hybridized carbons (Fsp3) is 0.211. The second kappa shape index (κ2) is 7.41. The Balaban J connectivity index is 2.16. The lowest BCUT2D eigenvalue weighted by Crippen LogP contribution is -2.20. The van der Waals surface area contributed by atoms with Crippen molar-refractivity contribution < 1.29 is 26.7 Å². The van der Waals surface area contributed by atoms with E-state index in [9.17, 15) is 13.2 Å². The molecular formula is C19H18O6S. The van der Waals surface area contributed by atoms with Gasteiger partial charge in [0.05, 0.1) is 0 Å². The summed E-state index contributed by atoms with van der Waals surface area (Å²) in [5, 5.41) is 0. The highest BCUT2D eigenvalue weighted by molar-refractivity contribution is 7.80. The van der Waals surface area contributed by atoms with Crippen LogP contribution in [0.5, 0.6) is 0 Å². The first kappa shape index (κ1) is 18.3. The second-order valence-corrected chi connectivity index (χ2v) is 7.00. The molecule has 0 saturated heterocycles. The Bertz CT molecular complexity index is 919. The maximum absolute atomic E-state index is 11.6. The summed E-state index contributed by atoms with van der Waals surface area (Å²) in [4.78, 5) is 11.6. The SMILES string of the molecule is CC(=O)OC1=C(c2ccccc2)[C@H](c2ccccc2)C[C@@H]1OS(=O)(=O)O. The van der Waals surface area contributed by atoms with Gasteiger partial charge in [0.15, 0.2) is 0 Å². The molecule has 0 heterocycles. The molecule has 0 amide bonds. The number of benzene rings is 2. The minimum atomic E-state index is -4.71. The maximum atomic E-state index is 11.6. The summed E-state index contributed by atoms with van der Waals surface area (Å²) < 4.78 is 41.8. The lowest BCUT2D eigenvalue weighted by molar-refractivity contribution is -0.138. The highest BCUT2D eigenvalue weighted by atomic mass is 32.3. The first-order valence-corrected chi connectivity index (χ1v) is 9.40. The van der Waals surface area contributed by atoms with Crippen LogP contribution in [0.1, 0.15) is 30.4 Å². The van der Waals surface area contributed by atoms with Gasteiger partial charge in [0.1, 0.15) is 11.9 Å². The van der Waals surface area contributed by atoms with E-state index in [0.717, 1.165) is 11.1 Å². The second-order valence-electron chi connectivity index (χ2n) is 5.95. The van der Waals surface area contributed by atoms with E-state index in [2.05, 4.69) is 0 Å². The van der Waals surface area contributed by atoms with E-state index < -0.39 is 22.5 Å². The lowest BCUT2D eigenvalue weighted by Gasteiger charge is -2.16. The molecule has 0 aliphatic heterocycles. The molecule has 2 atom stereocenters. The topological polar surface area (TPSA) is 89.9 Å². The number of hydrogen-bond donors (Lipinski definition) is 1. The van der Waals surface area contributed by atoms with Crippen molar-refractivity contribution in [2.24, 2.45) is 0 Å². The normalized spacial score (nSPS) is 20.2. The predicted octanol–water partition coefficient (Wildman–Crippen LogP) is 3.34. The van der Waals surface area contributed by atoms with Crippen LogP contribution in [0.2, 0.25) is 0 Å². The van der Waals surface area contributed by atoms with Crippen molar-refractivity contribution in [3.05, 3.63) is 77.5 Å². The summed E-state index contributed by atoms with van der Waals surface area (Å²) in [7, 11) is -4.71. The molecular weight excluding hydrogens is 356 g/mol. The average Bonchev–Trinajstić information content (AvgIpc) is 2.92. The minimum Gasteiger partial charge on any atom is -0.428 e. The van der Waals surface area contributed by atoms with E-state index in [-0.39, 0.29) is 18.1 Å². The van der Waals surface area contributed by atoms with Crippen LogP contribution < -0.4 is 0 Å². The molecule has 0 radical (unpaired) electrons. The van der Waals surface area contributed by atoms with Crippen molar-refractivity contribution >= 4 is 21.9 Å². The fourth-order valence-electron chi connectivity index (χ4n) is 3.24. The van der Waals surface area contributed by atoms with Gasteiger partial charge >= 0.3 is 16.4 Å². The molecule has 136 valence electrons. The van der Waals surface area contributed by atoms with Gasteiger partial charge in [-0.3, -0.25) is 9.35 Å². The molecule has 1 aliphatic rings. The van der Waals surface area contributed by atoms with Gasteiger partial charge < -0.3 is 4.74 Å². The van der Waals surface area contributed by atoms with Crippen LogP contribution in [0, 0.1) is 0 Å². The van der Waals surface area contributed by atoms with Crippen molar-refractivity contribution in [3.63, 3.8) is 0 Å². The van der Waals surface area contributed by atoms with Crippen LogP contribution in [0.4, 0.5) is 0 Å². The van der Waals surface area contributed by atoms with Crippen molar-refractivity contribution in [1.29, 1.82) is 0 Å². The Morgan fingerprint density at radius 2 is 1.62 bits per heavy atom. The van der Waals surface area contributed by atoms with E-state index in [1.54, 1.807) is 0 Å². The van der Waals surface area contributed by atoms with Gasteiger partial charge in [-0.1, -0.05) is 60.7 Å². The van der Waals surface area contributed by atoms with Crippen LogP contribution in [-0.4, -0.2) is 25.0 Å². The van der Waals surface area contributed by atoms with Crippen LogP contribution in [0.3, 0.4) is 0 Å². The number of allylic oxidation sites excluding steroid dienone is 1. The Labute approximate surface area is 152 Å². The molecule has 0 saturated carbocycles. The third-order valence-electron chi connectivity index (χ3n) is 4.13. The molecule has 6 nitrogen and oxygen atoms in total. The third-order valence-corrected chi connectivity index (χ3v) is 4.61. The maximum Gasteiger partial charge on any atom is 0.398 e. The molecule has 0 unspecified atom stereocenters. The molecule has 0 fully saturated rings. The smallest absolute Gasteiger partial charge is 0.398 e. The summed E-state index contributed by atoms with van der Waals surface area (Å²) in [5.74, 6) is -0.735. The van der Waals surface area contributed by atoms with E-state index in [4.69, 9.17) is 13.5 Å². The molecule has 3 rings (SSSR count). The molecule has 2 aromatic rings. The Morgan fingerprint density at radius 3 is 2.15 bits per heavy atom. The van der Waals surface area contributed by atoms with Crippen LogP contribution in [-0.2, 0) is 24.1 Å². The van der Waals surface area contributed by atoms with Crippen LogP contribution in [0.25, 0.3) is 5.57 Å². The van der Waals surface area contributed by atoms with E-state index in [1.165, 1.54) is 6.92 Å². The Hall–Kier alpha value is -2.48. The molecule has 7 heteroatoms. The largest absolute Gasteiger partial charge is 0.428 e. The zero-order valence-electron chi connectivity index (χ0n) is 14.0. The first-order chi connectivity index (χ1) is 12.3. The van der Waals surface area contributed by atoms with Crippen LogP contribution >= 0.6 is 0 Å². The number of rotatable bonds is 5. The van der Waals surface area contributed by atoms with Gasteiger partial charge in [-0.2, -0.15) is 8.42 Å². The van der Waals surface area contributed by atoms with Crippen molar-refractivity contribution in [1.82, 2.24) is 0 Å². The number of ether oxygens (including phenoxy) is 1. The molecule has 1 N–H and O–H groups in total. The van der Waals surface area contributed by atoms with Gasteiger partial charge in [0, 0.05) is 18.4 Å². The van der Waals surface area contributed by atoms with E-state index in [0.29, 0.717) is 5.57 Å². The quantitative estimate of drug-likeness (QED) is 0.638. The summed E-state index contributed by atoms with van der Waals surface area (Å²) in [6.07, 6.45) is -0.870. The zero-order valence-corrected chi connectivity index (χ0v) is 14.8. The predicted molar refractivity (Wildman–Crippen MR) is 95.3 cm³/mol. The highest BCUT2D eigenvalue weighted by Gasteiger charge is 2.40.